The van der Waals surface area contributed by atoms with Crippen molar-refractivity contribution < 1.29 is 13.9 Å². The van der Waals surface area contributed by atoms with Crippen molar-refractivity contribution in [2.45, 2.75) is 38.1 Å². The summed E-state index contributed by atoms with van der Waals surface area (Å²) < 4.78 is 11.6. The molecule has 1 N–H and O–H groups in total. The average Bonchev–Trinajstić information content (AvgIpc) is 3.06. The molecule has 0 bridgehead atoms. The number of carbonyl (C=O) groups excluding carboxylic acids is 1. The number of hydrogen-bond acceptors (Lipinski definition) is 3. The summed E-state index contributed by atoms with van der Waals surface area (Å²) in [5.41, 5.74) is 2.45. The zero-order chi connectivity index (χ0) is 18.9. The van der Waals surface area contributed by atoms with Gasteiger partial charge in [0, 0.05) is 24.2 Å². The van der Waals surface area contributed by atoms with Gasteiger partial charge in [-0.05, 0) is 38.3 Å². The summed E-state index contributed by atoms with van der Waals surface area (Å²) in [5.74, 6) is 0.865. The second kappa shape index (κ2) is 7.20. The van der Waals surface area contributed by atoms with Crippen LogP contribution in [-0.2, 0) is 14.9 Å². The van der Waals surface area contributed by atoms with E-state index in [0.717, 1.165) is 27.9 Å². The molecule has 0 saturated carbocycles. The van der Waals surface area contributed by atoms with Gasteiger partial charge in [-0.25, -0.2) is 0 Å². The van der Waals surface area contributed by atoms with Gasteiger partial charge in [0.2, 0.25) is 5.91 Å². The molecule has 27 heavy (non-hydrogen) atoms. The van der Waals surface area contributed by atoms with Crippen LogP contribution in [0.4, 0.5) is 0 Å². The Labute approximate surface area is 159 Å². The first-order valence-electron chi connectivity index (χ1n) is 9.54. The Morgan fingerprint density at radius 3 is 2.41 bits per heavy atom. The SMILES string of the molecule is Cc1c(C(C)NC(=O)C2(c3ccccc3)CCOCC2)oc2ccccc12. The molecule has 4 heteroatoms. The van der Waals surface area contributed by atoms with Gasteiger partial charge >= 0.3 is 0 Å². The monoisotopic (exact) mass is 363 g/mol. The van der Waals surface area contributed by atoms with E-state index in [-0.39, 0.29) is 11.9 Å². The number of rotatable bonds is 4. The van der Waals surface area contributed by atoms with Crippen molar-refractivity contribution in [3.05, 3.63) is 71.5 Å². The lowest BCUT2D eigenvalue weighted by Crippen LogP contribution is -2.48. The fourth-order valence-corrected chi connectivity index (χ4v) is 4.13. The van der Waals surface area contributed by atoms with Crippen molar-refractivity contribution in [1.82, 2.24) is 5.32 Å². The van der Waals surface area contributed by atoms with Crippen LogP contribution in [0, 0.1) is 6.92 Å². The van der Waals surface area contributed by atoms with Crippen molar-refractivity contribution in [1.29, 1.82) is 0 Å². The van der Waals surface area contributed by atoms with E-state index >= 15 is 0 Å². The van der Waals surface area contributed by atoms with Crippen LogP contribution in [-0.4, -0.2) is 19.1 Å². The maximum absolute atomic E-state index is 13.4. The molecular weight excluding hydrogens is 338 g/mol. The number of amides is 1. The summed E-state index contributed by atoms with van der Waals surface area (Å²) in [7, 11) is 0. The average molecular weight is 363 g/mol. The van der Waals surface area contributed by atoms with E-state index in [4.69, 9.17) is 9.15 Å². The van der Waals surface area contributed by atoms with Gasteiger partial charge in [-0.2, -0.15) is 0 Å². The molecule has 1 aliphatic heterocycles. The quantitative estimate of drug-likeness (QED) is 0.733. The molecule has 2 aromatic carbocycles. The Hall–Kier alpha value is -2.59. The van der Waals surface area contributed by atoms with E-state index in [2.05, 4.69) is 11.4 Å². The molecule has 1 atom stereocenters. The lowest BCUT2D eigenvalue weighted by Gasteiger charge is -2.37. The van der Waals surface area contributed by atoms with Gasteiger partial charge in [-0.1, -0.05) is 48.5 Å². The molecule has 1 fully saturated rings. The Kier molecular flexibility index (Phi) is 4.75. The first-order valence-corrected chi connectivity index (χ1v) is 9.54. The molecule has 3 aromatic rings. The van der Waals surface area contributed by atoms with Gasteiger partial charge in [0.05, 0.1) is 11.5 Å². The summed E-state index contributed by atoms with van der Waals surface area (Å²) in [6.45, 7) is 5.23. The highest BCUT2D eigenvalue weighted by molar-refractivity contribution is 5.89. The number of nitrogens with one attached hydrogen (secondary N) is 1. The molecule has 4 rings (SSSR count). The normalized spacial score (nSPS) is 17.6. The molecule has 1 amide bonds. The molecule has 0 spiro atoms. The van der Waals surface area contributed by atoms with Crippen molar-refractivity contribution in [2.75, 3.05) is 13.2 Å². The van der Waals surface area contributed by atoms with E-state index in [1.165, 1.54) is 0 Å². The third-order valence-electron chi connectivity index (χ3n) is 5.73. The van der Waals surface area contributed by atoms with Crippen LogP contribution >= 0.6 is 0 Å². The number of para-hydroxylation sites is 1. The number of benzene rings is 2. The largest absolute Gasteiger partial charge is 0.459 e. The number of hydrogen-bond donors (Lipinski definition) is 1. The molecular formula is C23H25NO3. The zero-order valence-corrected chi connectivity index (χ0v) is 15.8. The summed E-state index contributed by atoms with van der Waals surface area (Å²) in [5, 5.41) is 4.31. The second-order valence-corrected chi connectivity index (χ2v) is 7.34. The van der Waals surface area contributed by atoms with Gasteiger partial charge in [-0.15, -0.1) is 0 Å². The molecule has 0 aliphatic carbocycles. The van der Waals surface area contributed by atoms with Gasteiger partial charge in [0.15, 0.2) is 0 Å². The zero-order valence-electron chi connectivity index (χ0n) is 15.8. The molecule has 1 aromatic heterocycles. The van der Waals surface area contributed by atoms with Crippen LogP contribution in [0.3, 0.4) is 0 Å². The lowest BCUT2D eigenvalue weighted by molar-refractivity contribution is -0.131. The number of fused-ring (bicyclic) bond motifs is 1. The van der Waals surface area contributed by atoms with E-state index in [1.807, 2.05) is 62.4 Å². The van der Waals surface area contributed by atoms with Crippen LogP contribution in [0.25, 0.3) is 11.0 Å². The molecule has 1 saturated heterocycles. The fourth-order valence-electron chi connectivity index (χ4n) is 4.13. The summed E-state index contributed by atoms with van der Waals surface area (Å²) >= 11 is 0. The Morgan fingerprint density at radius 2 is 1.70 bits per heavy atom. The maximum Gasteiger partial charge on any atom is 0.231 e. The third kappa shape index (κ3) is 3.15. The minimum atomic E-state index is -0.548. The van der Waals surface area contributed by atoms with Gasteiger partial charge in [0.25, 0.3) is 0 Å². The van der Waals surface area contributed by atoms with Crippen LogP contribution < -0.4 is 5.32 Å². The Morgan fingerprint density at radius 1 is 1.04 bits per heavy atom. The highest BCUT2D eigenvalue weighted by Crippen LogP contribution is 2.36. The van der Waals surface area contributed by atoms with Gasteiger partial charge in [0.1, 0.15) is 11.3 Å². The van der Waals surface area contributed by atoms with E-state index in [0.29, 0.717) is 26.1 Å². The van der Waals surface area contributed by atoms with Gasteiger partial charge in [-0.3, -0.25) is 4.79 Å². The third-order valence-corrected chi connectivity index (χ3v) is 5.73. The fraction of sp³-hybridized carbons (Fsp3) is 0.348. The summed E-state index contributed by atoms with van der Waals surface area (Å²) in [6.07, 6.45) is 1.38. The standard InChI is InChI=1S/C23H25NO3/c1-16-19-10-6-7-11-20(19)27-21(16)17(2)24-22(25)23(12-14-26-15-13-23)18-8-4-3-5-9-18/h3-11,17H,12-15H2,1-2H3,(H,24,25). The van der Waals surface area contributed by atoms with Crippen LogP contribution in [0.5, 0.6) is 0 Å². The topological polar surface area (TPSA) is 51.5 Å². The van der Waals surface area contributed by atoms with Crippen LogP contribution in [0.2, 0.25) is 0 Å². The second-order valence-electron chi connectivity index (χ2n) is 7.34. The van der Waals surface area contributed by atoms with Crippen molar-refractivity contribution in [3.8, 4) is 0 Å². The van der Waals surface area contributed by atoms with Crippen LogP contribution in [0.15, 0.2) is 59.0 Å². The highest BCUT2D eigenvalue weighted by Gasteiger charge is 2.42. The number of ether oxygens (including phenoxy) is 1. The smallest absolute Gasteiger partial charge is 0.231 e. The Bertz CT molecular complexity index is 939. The first-order chi connectivity index (χ1) is 13.1. The summed E-state index contributed by atoms with van der Waals surface area (Å²) in [6, 6.07) is 17.8. The van der Waals surface area contributed by atoms with Crippen molar-refractivity contribution in [3.63, 3.8) is 0 Å². The van der Waals surface area contributed by atoms with Crippen molar-refractivity contribution in [2.24, 2.45) is 0 Å². The number of aryl methyl sites for hydroxylation is 1. The highest BCUT2D eigenvalue weighted by atomic mass is 16.5. The lowest BCUT2D eigenvalue weighted by atomic mass is 9.73. The van der Waals surface area contributed by atoms with Crippen LogP contribution in [0.1, 0.15) is 42.7 Å². The predicted molar refractivity (Wildman–Crippen MR) is 106 cm³/mol. The minimum Gasteiger partial charge on any atom is -0.459 e. The number of furan rings is 1. The van der Waals surface area contributed by atoms with Crippen molar-refractivity contribution >= 4 is 16.9 Å². The molecule has 0 radical (unpaired) electrons. The predicted octanol–water partition coefficient (Wildman–Crippen LogP) is 4.67. The van der Waals surface area contributed by atoms with E-state index < -0.39 is 5.41 Å². The first kappa shape index (κ1) is 17.8. The molecule has 140 valence electrons. The molecule has 1 aliphatic rings. The number of carbonyl (C=O) groups is 1. The molecule has 4 nitrogen and oxygen atoms in total. The summed E-state index contributed by atoms with van der Waals surface area (Å²) in [4.78, 5) is 13.4. The Balaban J connectivity index is 1.63. The van der Waals surface area contributed by atoms with Gasteiger partial charge < -0.3 is 14.5 Å². The molecule has 1 unspecified atom stereocenters. The minimum absolute atomic E-state index is 0.0457. The maximum atomic E-state index is 13.4. The van der Waals surface area contributed by atoms with E-state index in [9.17, 15) is 4.79 Å². The molecule has 2 heterocycles. The van der Waals surface area contributed by atoms with E-state index in [1.54, 1.807) is 0 Å².